The lowest BCUT2D eigenvalue weighted by atomic mass is 10.0. The molecule has 3 aromatic heterocycles. The summed E-state index contributed by atoms with van der Waals surface area (Å²) in [6.07, 6.45) is 4.73. The average Bonchev–Trinajstić information content (AvgIpc) is 3.47. The normalized spacial score (nSPS) is 13.3. The summed E-state index contributed by atoms with van der Waals surface area (Å²) in [5.74, 6) is 0.840. The molecule has 0 bridgehead atoms. The van der Waals surface area contributed by atoms with E-state index in [9.17, 15) is 4.79 Å². The first kappa shape index (κ1) is 20.8. The molecule has 0 saturated heterocycles. The summed E-state index contributed by atoms with van der Waals surface area (Å²) in [5.41, 5.74) is 6.83. The molecule has 4 heterocycles. The van der Waals surface area contributed by atoms with E-state index in [1.165, 1.54) is 0 Å². The third kappa shape index (κ3) is 3.90. The van der Waals surface area contributed by atoms with Gasteiger partial charge in [0.15, 0.2) is 5.82 Å². The van der Waals surface area contributed by atoms with E-state index in [4.69, 9.17) is 4.98 Å². The standard InChI is InChI=1S/C26H21BrN6O/c27-19-5-1-3-16(11-19)12-24(34)33-10-8-22-23(15-33)30-26(29-22)25-20-13-17(6-7-21(20)31-32-25)18-4-2-9-28-14-18/h1-7,9,11,13-14H,8,10,12,15H2,(H,29,30)(H,31,32). The smallest absolute Gasteiger partial charge is 0.227 e. The number of fused-ring (bicyclic) bond motifs is 2. The number of benzene rings is 2. The third-order valence-corrected chi connectivity index (χ3v) is 6.70. The molecule has 0 unspecified atom stereocenters. The van der Waals surface area contributed by atoms with Crippen LogP contribution in [-0.2, 0) is 24.2 Å². The van der Waals surface area contributed by atoms with E-state index >= 15 is 0 Å². The van der Waals surface area contributed by atoms with Gasteiger partial charge in [-0.1, -0.05) is 40.2 Å². The zero-order valence-corrected chi connectivity index (χ0v) is 19.8. The van der Waals surface area contributed by atoms with Crippen molar-refractivity contribution in [3.63, 3.8) is 0 Å². The Hall–Kier alpha value is -3.78. The Bertz CT molecular complexity index is 1510. The number of amides is 1. The molecule has 2 N–H and O–H groups in total. The Morgan fingerprint density at radius 2 is 2.03 bits per heavy atom. The molecule has 34 heavy (non-hydrogen) atoms. The molecule has 0 spiro atoms. The van der Waals surface area contributed by atoms with Crippen molar-refractivity contribution in [2.45, 2.75) is 19.4 Å². The van der Waals surface area contributed by atoms with Crippen LogP contribution in [0.5, 0.6) is 0 Å². The van der Waals surface area contributed by atoms with Gasteiger partial charge in [-0.25, -0.2) is 4.98 Å². The van der Waals surface area contributed by atoms with Crippen LogP contribution in [0.15, 0.2) is 71.5 Å². The summed E-state index contributed by atoms with van der Waals surface area (Å²) in [5, 5.41) is 8.65. The van der Waals surface area contributed by atoms with Gasteiger partial charge in [-0.15, -0.1) is 0 Å². The topological polar surface area (TPSA) is 90.6 Å². The fourth-order valence-corrected chi connectivity index (χ4v) is 4.91. The van der Waals surface area contributed by atoms with Crippen molar-refractivity contribution < 1.29 is 4.79 Å². The minimum atomic E-state index is 0.117. The van der Waals surface area contributed by atoms with E-state index in [1.54, 1.807) is 6.20 Å². The highest BCUT2D eigenvalue weighted by molar-refractivity contribution is 9.10. The summed E-state index contributed by atoms with van der Waals surface area (Å²) in [6, 6.07) is 18.1. The molecular formula is C26H21BrN6O. The van der Waals surface area contributed by atoms with Crippen LogP contribution in [0.3, 0.4) is 0 Å². The predicted molar refractivity (Wildman–Crippen MR) is 134 cm³/mol. The first-order valence-corrected chi connectivity index (χ1v) is 11.9. The van der Waals surface area contributed by atoms with Gasteiger partial charge < -0.3 is 9.88 Å². The van der Waals surface area contributed by atoms with Crippen LogP contribution in [0.4, 0.5) is 0 Å². The molecule has 1 aliphatic rings. The molecule has 0 fully saturated rings. The van der Waals surface area contributed by atoms with E-state index in [-0.39, 0.29) is 5.91 Å². The van der Waals surface area contributed by atoms with E-state index < -0.39 is 0 Å². The number of carbonyl (C=O) groups is 1. The Kier molecular flexibility index (Phi) is 5.22. The van der Waals surface area contributed by atoms with Crippen molar-refractivity contribution >= 4 is 32.7 Å². The Morgan fingerprint density at radius 1 is 1.09 bits per heavy atom. The Morgan fingerprint density at radius 3 is 2.88 bits per heavy atom. The number of aromatic amines is 2. The van der Waals surface area contributed by atoms with E-state index in [1.807, 2.05) is 53.6 Å². The zero-order valence-electron chi connectivity index (χ0n) is 18.3. The second-order valence-electron chi connectivity index (χ2n) is 8.46. The third-order valence-electron chi connectivity index (χ3n) is 6.21. The number of pyridine rings is 1. The van der Waals surface area contributed by atoms with Crippen LogP contribution in [0.25, 0.3) is 33.5 Å². The van der Waals surface area contributed by atoms with Gasteiger partial charge in [-0.3, -0.25) is 14.9 Å². The molecule has 1 amide bonds. The summed E-state index contributed by atoms with van der Waals surface area (Å²) in [7, 11) is 0. The molecule has 168 valence electrons. The number of carbonyl (C=O) groups excluding carboxylic acids is 1. The van der Waals surface area contributed by atoms with Gasteiger partial charge in [0.25, 0.3) is 0 Å². The molecular weight excluding hydrogens is 492 g/mol. The first-order valence-electron chi connectivity index (χ1n) is 11.1. The lowest BCUT2D eigenvalue weighted by Crippen LogP contribution is -2.37. The molecule has 6 rings (SSSR count). The van der Waals surface area contributed by atoms with Gasteiger partial charge in [0, 0.05) is 40.8 Å². The molecule has 7 nitrogen and oxygen atoms in total. The predicted octanol–water partition coefficient (Wildman–Crippen LogP) is 4.90. The first-order chi connectivity index (χ1) is 16.6. The maximum absolute atomic E-state index is 12.9. The molecule has 5 aromatic rings. The SMILES string of the molecule is O=C(Cc1cccc(Br)c1)N1CCc2nc(-c3n[nH]c4ccc(-c5cccnc5)cc34)[nH]c2C1. The highest BCUT2D eigenvalue weighted by atomic mass is 79.9. The molecule has 0 saturated carbocycles. The van der Waals surface area contributed by atoms with Crippen molar-refractivity contribution in [1.29, 1.82) is 0 Å². The number of imidazole rings is 1. The number of aromatic nitrogens is 5. The quantitative estimate of drug-likeness (QED) is 0.358. The fourth-order valence-electron chi connectivity index (χ4n) is 4.46. The van der Waals surface area contributed by atoms with Crippen LogP contribution < -0.4 is 0 Å². The van der Waals surface area contributed by atoms with E-state index in [0.717, 1.165) is 61.4 Å². The van der Waals surface area contributed by atoms with Gasteiger partial charge in [0.1, 0.15) is 5.69 Å². The Labute approximate surface area is 204 Å². The zero-order chi connectivity index (χ0) is 23.1. The lowest BCUT2D eigenvalue weighted by molar-refractivity contribution is -0.131. The van der Waals surface area contributed by atoms with Crippen molar-refractivity contribution in [2.24, 2.45) is 0 Å². The molecule has 2 aromatic carbocycles. The number of halogens is 1. The number of hydrogen-bond donors (Lipinski definition) is 2. The van der Waals surface area contributed by atoms with Crippen LogP contribution in [0.1, 0.15) is 17.0 Å². The van der Waals surface area contributed by atoms with Crippen molar-refractivity contribution in [2.75, 3.05) is 6.54 Å². The maximum Gasteiger partial charge on any atom is 0.227 e. The summed E-state index contributed by atoms with van der Waals surface area (Å²) in [4.78, 5) is 27.3. The lowest BCUT2D eigenvalue weighted by Gasteiger charge is -2.26. The van der Waals surface area contributed by atoms with Crippen LogP contribution in [-0.4, -0.2) is 42.5 Å². The number of hydrogen-bond acceptors (Lipinski definition) is 4. The highest BCUT2D eigenvalue weighted by Gasteiger charge is 2.25. The van der Waals surface area contributed by atoms with Gasteiger partial charge in [0.2, 0.25) is 5.91 Å². The van der Waals surface area contributed by atoms with Crippen molar-refractivity contribution in [1.82, 2.24) is 30.0 Å². The second-order valence-corrected chi connectivity index (χ2v) is 9.37. The second kappa shape index (κ2) is 8.53. The van der Waals surface area contributed by atoms with Gasteiger partial charge in [-0.2, -0.15) is 5.10 Å². The largest absolute Gasteiger partial charge is 0.339 e. The molecule has 8 heteroatoms. The fraction of sp³-hybridized carbons (Fsp3) is 0.154. The summed E-state index contributed by atoms with van der Waals surface area (Å²) < 4.78 is 0.981. The Balaban J connectivity index is 1.26. The molecule has 0 radical (unpaired) electrons. The van der Waals surface area contributed by atoms with Crippen molar-refractivity contribution in [3.8, 4) is 22.6 Å². The van der Waals surface area contributed by atoms with Crippen molar-refractivity contribution in [3.05, 3.63) is 88.4 Å². The van der Waals surface area contributed by atoms with Crippen LogP contribution >= 0.6 is 15.9 Å². The molecule has 0 aliphatic carbocycles. The number of rotatable bonds is 4. The van der Waals surface area contributed by atoms with Crippen LogP contribution in [0.2, 0.25) is 0 Å². The molecule has 0 atom stereocenters. The maximum atomic E-state index is 12.9. The minimum Gasteiger partial charge on any atom is -0.339 e. The highest BCUT2D eigenvalue weighted by Crippen LogP contribution is 2.30. The monoisotopic (exact) mass is 512 g/mol. The van der Waals surface area contributed by atoms with E-state index in [2.05, 4.69) is 48.2 Å². The average molecular weight is 513 g/mol. The van der Waals surface area contributed by atoms with Gasteiger partial charge in [0.05, 0.1) is 29.9 Å². The number of nitrogens with zero attached hydrogens (tertiary/aromatic N) is 4. The van der Waals surface area contributed by atoms with Gasteiger partial charge >= 0.3 is 0 Å². The van der Waals surface area contributed by atoms with Crippen LogP contribution in [0, 0.1) is 0 Å². The molecule has 1 aliphatic heterocycles. The number of H-pyrrole nitrogens is 2. The minimum absolute atomic E-state index is 0.117. The summed E-state index contributed by atoms with van der Waals surface area (Å²) >= 11 is 3.48. The summed E-state index contributed by atoms with van der Waals surface area (Å²) in [6.45, 7) is 1.19. The number of nitrogens with one attached hydrogen (secondary N) is 2. The van der Waals surface area contributed by atoms with E-state index in [0.29, 0.717) is 19.5 Å². The van der Waals surface area contributed by atoms with Gasteiger partial charge in [-0.05, 0) is 41.5 Å².